The third-order valence-corrected chi connectivity index (χ3v) is 13.7. The van der Waals surface area contributed by atoms with E-state index in [9.17, 15) is 9.13 Å². The molecular formula is C22H28O4P2. The van der Waals surface area contributed by atoms with E-state index in [4.69, 9.17) is 9.47 Å². The van der Waals surface area contributed by atoms with Crippen LogP contribution >= 0.6 is 14.3 Å². The van der Waals surface area contributed by atoms with Gasteiger partial charge in [-0.1, -0.05) is 65.8 Å². The van der Waals surface area contributed by atoms with Crippen molar-refractivity contribution in [1.82, 2.24) is 0 Å². The molecule has 0 fully saturated rings. The molecule has 0 spiro atoms. The zero-order valence-corrected chi connectivity index (χ0v) is 19.2. The second kappa shape index (κ2) is 6.00. The Balaban J connectivity index is 2.04. The van der Waals surface area contributed by atoms with Crippen LogP contribution in [0.25, 0.3) is 11.1 Å². The second-order valence-corrected chi connectivity index (χ2v) is 16.7. The minimum absolute atomic E-state index is 0.214. The maximum Gasteiger partial charge on any atom is 0.160 e. The third kappa shape index (κ3) is 2.57. The van der Waals surface area contributed by atoms with E-state index >= 15 is 0 Å². The van der Waals surface area contributed by atoms with Crippen LogP contribution in [0.15, 0.2) is 36.4 Å². The highest BCUT2D eigenvalue weighted by atomic mass is 31.2. The maximum atomic E-state index is 14.1. The van der Waals surface area contributed by atoms with E-state index in [1.165, 1.54) is 0 Å². The SMILES string of the molecule is CC(C)(C)P1(=O)COc2cccc(-c3cccc4c3P(=O)(C(C)(C)C)CO4)c21. The van der Waals surface area contributed by atoms with Crippen LogP contribution in [0.4, 0.5) is 0 Å². The minimum atomic E-state index is -2.81. The predicted octanol–water partition coefficient (Wildman–Crippen LogP) is 5.63. The van der Waals surface area contributed by atoms with Crippen molar-refractivity contribution in [3.8, 4) is 22.6 Å². The Morgan fingerprint density at radius 3 is 1.36 bits per heavy atom. The summed E-state index contributed by atoms with van der Waals surface area (Å²) in [6.07, 6.45) is 0.427. The maximum absolute atomic E-state index is 14.1. The van der Waals surface area contributed by atoms with Crippen molar-refractivity contribution in [1.29, 1.82) is 0 Å². The molecule has 0 radical (unpaired) electrons. The topological polar surface area (TPSA) is 52.6 Å². The summed E-state index contributed by atoms with van der Waals surface area (Å²) in [6.45, 7) is 12.0. The smallest absolute Gasteiger partial charge is 0.160 e. The van der Waals surface area contributed by atoms with Gasteiger partial charge < -0.3 is 18.6 Å². The van der Waals surface area contributed by atoms with Crippen molar-refractivity contribution in [2.24, 2.45) is 0 Å². The van der Waals surface area contributed by atoms with Gasteiger partial charge in [0.2, 0.25) is 0 Å². The van der Waals surface area contributed by atoms with Crippen LogP contribution in [0.3, 0.4) is 0 Å². The van der Waals surface area contributed by atoms with Gasteiger partial charge in [0, 0.05) is 10.3 Å². The molecule has 4 nitrogen and oxygen atoms in total. The quantitative estimate of drug-likeness (QED) is 0.564. The van der Waals surface area contributed by atoms with Crippen LogP contribution in [0.1, 0.15) is 41.5 Å². The van der Waals surface area contributed by atoms with E-state index in [1.807, 2.05) is 77.9 Å². The van der Waals surface area contributed by atoms with Crippen molar-refractivity contribution in [3.63, 3.8) is 0 Å². The van der Waals surface area contributed by atoms with E-state index in [1.54, 1.807) is 0 Å². The molecule has 2 aromatic carbocycles. The third-order valence-electron chi connectivity index (χ3n) is 5.98. The molecule has 2 aliphatic rings. The molecule has 0 aliphatic carbocycles. The van der Waals surface area contributed by atoms with Gasteiger partial charge in [0.15, 0.2) is 14.3 Å². The zero-order valence-electron chi connectivity index (χ0n) is 17.4. The van der Waals surface area contributed by atoms with Gasteiger partial charge in [-0.05, 0) is 23.3 Å². The first-order valence-corrected chi connectivity index (χ1v) is 13.4. The van der Waals surface area contributed by atoms with Crippen LogP contribution < -0.4 is 20.1 Å². The largest absolute Gasteiger partial charge is 0.485 e. The fourth-order valence-electron chi connectivity index (χ4n) is 3.97. The highest BCUT2D eigenvalue weighted by Crippen LogP contribution is 2.65. The Bertz CT molecular complexity index is 972. The first kappa shape index (κ1) is 19.8. The molecule has 150 valence electrons. The van der Waals surface area contributed by atoms with Gasteiger partial charge in [0.25, 0.3) is 0 Å². The predicted molar refractivity (Wildman–Crippen MR) is 117 cm³/mol. The van der Waals surface area contributed by atoms with E-state index < -0.39 is 24.6 Å². The highest BCUT2D eigenvalue weighted by molar-refractivity contribution is 7.74. The zero-order chi connectivity index (χ0) is 20.5. The molecule has 0 saturated heterocycles. The van der Waals surface area contributed by atoms with Crippen LogP contribution in [-0.2, 0) is 9.13 Å². The van der Waals surface area contributed by atoms with Crippen LogP contribution in [0, 0.1) is 0 Å². The number of hydrogen-bond acceptors (Lipinski definition) is 4. The highest BCUT2D eigenvalue weighted by Gasteiger charge is 2.50. The summed E-state index contributed by atoms with van der Waals surface area (Å²) in [5.41, 5.74) is 1.72. The lowest BCUT2D eigenvalue weighted by atomic mass is 10.0. The number of rotatable bonds is 1. The number of fused-ring (bicyclic) bond motifs is 2. The van der Waals surface area contributed by atoms with E-state index in [0.717, 1.165) is 21.7 Å². The molecule has 2 heterocycles. The molecule has 2 aromatic rings. The Kier molecular flexibility index (Phi) is 4.24. The van der Waals surface area contributed by atoms with Crippen LogP contribution in [0.2, 0.25) is 0 Å². The second-order valence-electron chi connectivity index (χ2n) is 9.67. The summed E-state index contributed by atoms with van der Waals surface area (Å²) < 4.78 is 39.9. The molecule has 2 atom stereocenters. The van der Waals surface area contributed by atoms with Crippen molar-refractivity contribution in [3.05, 3.63) is 36.4 Å². The summed E-state index contributed by atoms with van der Waals surface area (Å²) in [7, 11) is -5.61. The molecule has 4 rings (SSSR count). The molecule has 0 amide bonds. The summed E-state index contributed by atoms with van der Waals surface area (Å²) in [4.78, 5) is 0. The number of hydrogen-bond donors (Lipinski definition) is 0. The molecule has 0 N–H and O–H groups in total. The van der Waals surface area contributed by atoms with Crippen molar-refractivity contribution < 1.29 is 18.6 Å². The molecule has 0 saturated carbocycles. The van der Waals surface area contributed by atoms with Crippen molar-refractivity contribution >= 4 is 24.9 Å². The van der Waals surface area contributed by atoms with Gasteiger partial charge in [-0.15, -0.1) is 0 Å². The summed E-state index contributed by atoms with van der Waals surface area (Å²) >= 11 is 0. The van der Waals surface area contributed by atoms with Gasteiger partial charge in [-0.3, -0.25) is 0 Å². The number of benzene rings is 2. The van der Waals surface area contributed by atoms with Crippen LogP contribution in [-0.4, -0.2) is 23.0 Å². The molecule has 2 unspecified atom stereocenters. The molecule has 0 bridgehead atoms. The summed E-state index contributed by atoms with van der Waals surface area (Å²) in [6, 6.07) is 11.6. The summed E-state index contributed by atoms with van der Waals surface area (Å²) in [5, 5.41) is 0.721. The molecule has 0 aromatic heterocycles. The van der Waals surface area contributed by atoms with Gasteiger partial charge in [0.1, 0.15) is 24.2 Å². The van der Waals surface area contributed by atoms with Gasteiger partial charge >= 0.3 is 0 Å². The van der Waals surface area contributed by atoms with Gasteiger partial charge in [-0.25, -0.2) is 0 Å². The van der Waals surface area contributed by atoms with Crippen LogP contribution in [0.5, 0.6) is 11.5 Å². The first-order valence-electron chi connectivity index (χ1n) is 9.62. The molecule has 6 heteroatoms. The first-order chi connectivity index (χ1) is 12.9. The Hall–Kier alpha value is -1.50. The van der Waals surface area contributed by atoms with Gasteiger partial charge in [0.05, 0.1) is 10.6 Å². The molecular weight excluding hydrogens is 390 g/mol. The Labute approximate surface area is 167 Å². The van der Waals surface area contributed by atoms with E-state index in [-0.39, 0.29) is 12.7 Å². The lowest BCUT2D eigenvalue weighted by Crippen LogP contribution is -2.26. The molecule has 2 aliphatic heterocycles. The monoisotopic (exact) mass is 418 g/mol. The lowest BCUT2D eigenvalue weighted by Gasteiger charge is -2.30. The average molecular weight is 418 g/mol. The van der Waals surface area contributed by atoms with Gasteiger partial charge in [-0.2, -0.15) is 0 Å². The number of ether oxygens (including phenoxy) is 2. The normalized spacial score (nSPS) is 26.4. The average Bonchev–Trinajstić information content (AvgIpc) is 3.14. The Morgan fingerprint density at radius 1 is 0.679 bits per heavy atom. The fraction of sp³-hybridized carbons (Fsp3) is 0.455. The van der Waals surface area contributed by atoms with E-state index in [2.05, 4.69) is 0 Å². The Morgan fingerprint density at radius 2 is 1.04 bits per heavy atom. The minimum Gasteiger partial charge on any atom is -0.485 e. The van der Waals surface area contributed by atoms with Crippen molar-refractivity contribution in [2.75, 3.05) is 12.7 Å². The van der Waals surface area contributed by atoms with E-state index in [0.29, 0.717) is 11.5 Å². The standard InChI is InChI=1S/C22H28O4P2/c1-21(2,3)27(23)13-25-17-11-7-9-15(19(17)27)16-10-8-12-18-20(16)28(24,14-26-18)22(4,5)6/h7-12H,13-14H2,1-6H3. The van der Waals surface area contributed by atoms with Crippen molar-refractivity contribution in [2.45, 2.75) is 51.9 Å². The molecule has 28 heavy (non-hydrogen) atoms. The fourth-order valence-corrected chi connectivity index (χ4v) is 9.14. The lowest BCUT2D eigenvalue weighted by molar-refractivity contribution is 0.389. The summed E-state index contributed by atoms with van der Waals surface area (Å²) in [5.74, 6) is 1.36.